The van der Waals surface area contributed by atoms with Crippen LogP contribution in [0.15, 0.2) is 66.9 Å². The van der Waals surface area contributed by atoms with E-state index < -0.39 is 11.7 Å². The minimum Gasteiger partial charge on any atom is -0.307 e. The summed E-state index contributed by atoms with van der Waals surface area (Å²) in [4.78, 5) is 4.73. The number of hydrogen-bond acceptors (Lipinski definition) is 1. The smallest absolute Gasteiger partial charge is 0.307 e. The molecule has 0 saturated carbocycles. The van der Waals surface area contributed by atoms with Gasteiger partial charge in [0.2, 0.25) is 0 Å². The van der Waals surface area contributed by atoms with Gasteiger partial charge in [0, 0.05) is 27.7 Å². The first-order chi connectivity index (χ1) is 15.8. The number of halogens is 3. The van der Waals surface area contributed by atoms with Crippen molar-refractivity contribution < 1.29 is 13.2 Å². The summed E-state index contributed by atoms with van der Waals surface area (Å²) in [5.74, 6) is 0. The van der Waals surface area contributed by atoms with Crippen molar-refractivity contribution >= 4 is 59.8 Å². The van der Waals surface area contributed by atoms with E-state index in [1.807, 2.05) is 36.4 Å². The highest BCUT2D eigenvalue weighted by molar-refractivity contribution is 6.29. The maximum absolute atomic E-state index is 14.2. The number of pyridine rings is 2. The summed E-state index contributed by atoms with van der Waals surface area (Å²) in [6, 6.07) is 18.6. The molecule has 0 bridgehead atoms. The molecule has 7 aromatic rings. The van der Waals surface area contributed by atoms with Crippen molar-refractivity contribution in [1.82, 2.24) is 9.38 Å². The highest BCUT2D eigenvalue weighted by atomic mass is 19.4. The number of alkyl halides is 3. The Morgan fingerprint density at radius 1 is 0.727 bits per heavy atom. The van der Waals surface area contributed by atoms with Crippen LogP contribution < -0.4 is 0 Å². The van der Waals surface area contributed by atoms with Crippen LogP contribution in [0.4, 0.5) is 13.2 Å². The maximum Gasteiger partial charge on any atom is 0.418 e. The van der Waals surface area contributed by atoms with E-state index in [2.05, 4.69) is 24.3 Å². The molecule has 0 radical (unpaired) electrons. The van der Waals surface area contributed by atoms with Gasteiger partial charge in [0.15, 0.2) is 0 Å². The molecule has 7 rings (SSSR count). The molecule has 0 spiro atoms. The van der Waals surface area contributed by atoms with Gasteiger partial charge in [-0.2, -0.15) is 13.2 Å². The Labute approximate surface area is 186 Å². The monoisotopic (exact) mass is 438 g/mol. The first-order valence-corrected chi connectivity index (χ1v) is 10.8. The molecule has 0 aliphatic carbocycles. The quantitative estimate of drug-likeness (QED) is 0.172. The Balaban J connectivity index is 1.93. The van der Waals surface area contributed by atoms with Crippen molar-refractivity contribution in [2.45, 2.75) is 20.0 Å². The summed E-state index contributed by atoms with van der Waals surface area (Å²) in [5, 5.41) is 6.25. The average molecular weight is 438 g/mol. The minimum atomic E-state index is -4.47. The molecule has 4 aromatic carbocycles. The summed E-state index contributed by atoms with van der Waals surface area (Å²) in [7, 11) is 0. The van der Waals surface area contributed by atoms with E-state index in [-0.39, 0.29) is 5.52 Å². The van der Waals surface area contributed by atoms with Crippen LogP contribution in [0.25, 0.3) is 59.8 Å². The lowest BCUT2D eigenvalue weighted by atomic mass is 9.96. The maximum atomic E-state index is 14.2. The molecular formula is C28H17F3N2. The molecule has 3 heterocycles. The van der Waals surface area contributed by atoms with Gasteiger partial charge in [-0.25, -0.2) is 0 Å². The second-order valence-electron chi connectivity index (χ2n) is 8.88. The molecule has 0 N–H and O–H groups in total. The SMILES string of the molecule is Cc1ccc2cc3c4nccc5ccc6c7cccc(C(F)(F)F)c7n(c3c(C)c2c1)c6c54. The van der Waals surface area contributed by atoms with Crippen molar-refractivity contribution in [2.24, 2.45) is 0 Å². The van der Waals surface area contributed by atoms with Gasteiger partial charge in [-0.1, -0.05) is 48.0 Å². The number of nitrogens with zero attached hydrogens (tertiary/aromatic N) is 2. The Kier molecular flexibility index (Phi) is 3.36. The largest absolute Gasteiger partial charge is 0.418 e. The van der Waals surface area contributed by atoms with Crippen LogP contribution in [0.3, 0.4) is 0 Å². The van der Waals surface area contributed by atoms with E-state index in [4.69, 9.17) is 4.98 Å². The topological polar surface area (TPSA) is 17.3 Å². The number of fused-ring (bicyclic) bond motifs is 7. The zero-order valence-corrected chi connectivity index (χ0v) is 17.9. The molecule has 3 aromatic heterocycles. The fourth-order valence-corrected chi connectivity index (χ4v) is 5.61. The third-order valence-electron chi connectivity index (χ3n) is 6.99. The number of rotatable bonds is 0. The first-order valence-electron chi connectivity index (χ1n) is 10.8. The lowest BCUT2D eigenvalue weighted by molar-refractivity contribution is -0.136. The van der Waals surface area contributed by atoms with Crippen molar-refractivity contribution in [1.29, 1.82) is 0 Å². The van der Waals surface area contributed by atoms with E-state index in [1.165, 1.54) is 12.1 Å². The van der Waals surface area contributed by atoms with Crippen LogP contribution in [0, 0.1) is 13.8 Å². The molecule has 0 amide bonds. The number of para-hydroxylation sites is 1. The van der Waals surface area contributed by atoms with Crippen molar-refractivity contribution in [2.75, 3.05) is 0 Å². The van der Waals surface area contributed by atoms with Gasteiger partial charge >= 0.3 is 6.18 Å². The van der Waals surface area contributed by atoms with Crippen LogP contribution >= 0.6 is 0 Å². The van der Waals surface area contributed by atoms with Crippen LogP contribution in [0.2, 0.25) is 0 Å². The molecule has 0 saturated heterocycles. The van der Waals surface area contributed by atoms with Crippen molar-refractivity contribution in [3.05, 3.63) is 83.6 Å². The van der Waals surface area contributed by atoms with Crippen LogP contribution in [0.5, 0.6) is 0 Å². The van der Waals surface area contributed by atoms with E-state index in [9.17, 15) is 13.2 Å². The molecule has 33 heavy (non-hydrogen) atoms. The van der Waals surface area contributed by atoms with Crippen LogP contribution in [0.1, 0.15) is 16.7 Å². The van der Waals surface area contributed by atoms with Crippen LogP contribution in [-0.2, 0) is 6.18 Å². The average Bonchev–Trinajstić information content (AvgIpc) is 3.13. The Morgan fingerprint density at radius 3 is 2.33 bits per heavy atom. The van der Waals surface area contributed by atoms with Crippen molar-refractivity contribution in [3.8, 4) is 0 Å². The van der Waals surface area contributed by atoms with E-state index in [0.717, 1.165) is 60.0 Å². The molecule has 0 unspecified atom stereocenters. The Bertz CT molecular complexity index is 1930. The summed E-state index contributed by atoms with van der Waals surface area (Å²) in [5.41, 5.74) is 4.05. The van der Waals surface area contributed by atoms with Gasteiger partial charge in [-0.3, -0.25) is 4.98 Å². The number of aryl methyl sites for hydroxylation is 2. The molecule has 0 fully saturated rings. The summed E-state index contributed by atoms with van der Waals surface area (Å²) in [6.07, 6.45) is -2.69. The first kappa shape index (κ1) is 18.7. The van der Waals surface area contributed by atoms with E-state index in [0.29, 0.717) is 5.39 Å². The third-order valence-corrected chi connectivity index (χ3v) is 6.99. The number of aromatic nitrogens is 2. The summed E-state index contributed by atoms with van der Waals surface area (Å²) in [6.45, 7) is 4.03. The van der Waals surface area contributed by atoms with Crippen molar-refractivity contribution in [3.63, 3.8) is 0 Å². The Hall–Kier alpha value is -3.86. The summed E-state index contributed by atoms with van der Waals surface area (Å²) < 4.78 is 44.6. The predicted molar refractivity (Wildman–Crippen MR) is 128 cm³/mol. The number of hydrogen-bond donors (Lipinski definition) is 0. The zero-order chi connectivity index (χ0) is 22.6. The minimum absolute atomic E-state index is 0.207. The molecule has 2 nitrogen and oxygen atoms in total. The zero-order valence-electron chi connectivity index (χ0n) is 17.9. The molecule has 0 atom stereocenters. The van der Waals surface area contributed by atoms with Crippen LogP contribution in [-0.4, -0.2) is 9.38 Å². The lowest BCUT2D eigenvalue weighted by Crippen LogP contribution is -2.07. The van der Waals surface area contributed by atoms with E-state index in [1.54, 1.807) is 12.3 Å². The highest BCUT2D eigenvalue weighted by Crippen LogP contribution is 2.45. The molecule has 160 valence electrons. The van der Waals surface area contributed by atoms with Gasteiger partial charge in [0.25, 0.3) is 0 Å². The van der Waals surface area contributed by atoms with E-state index >= 15 is 0 Å². The van der Waals surface area contributed by atoms with Gasteiger partial charge in [-0.05, 0) is 53.8 Å². The normalized spacial score (nSPS) is 13.0. The lowest BCUT2D eigenvalue weighted by Gasteiger charge is -2.17. The second kappa shape index (κ2) is 5.93. The van der Waals surface area contributed by atoms with Gasteiger partial charge < -0.3 is 4.40 Å². The van der Waals surface area contributed by atoms with Gasteiger partial charge in [0.1, 0.15) is 0 Å². The fraction of sp³-hybridized carbons (Fsp3) is 0.107. The molecule has 0 aliphatic rings. The third kappa shape index (κ3) is 2.26. The molecule has 5 heteroatoms. The van der Waals surface area contributed by atoms with Gasteiger partial charge in [-0.15, -0.1) is 0 Å². The fourth-order valence-electron chi connectivity index (χ4n) is 5.61. The highest BCUT2D eigenvalue weighted by Gasteiger charge is 2.35. The second-order valence-corrected chi connectivity index (χ2v) is 8.88. The van der Waals surface area contributed by atoms with Gasteiger partial charge in [0.05, 0.1) is 27.6 Å². The standard InChI is InChI=1S/C28H17F3N2/c1-14-6-7-17-13-21-24-23-16(10-11-32-24)8-9-19-18-4-3-5-22(28(29,30)31)26(18)33(27(19)23)25(21)15(2)20(17)12-14/h3-13H,1-2H3. The predicted octanol–water partition coefficient (Wildman–Crippen LogP) is 8.17. The Morgan fingerprint density at radius 2 is 1.52 bits per heavy atom. The number of benzene rings is 4. The molecule has 0 aliphatic heterocycles. The summed E-state index contributed by atoms with van der Waals surface area (Å²) >= 11 is 0. The molecular weight excluding hydrogens is 421 g/mol.